The molecule has 6 aromatic rings. The third kappa shape index (κ3) is 5.68. The van der Waals surface area contributed by atoms with E-state index in [1.165, 1.54) is 28.9 Å². The molecule has 0 aliphatic carbocycles. The van der Waals surface area contributed by atoms with Gasteiger partial charge in [-0.05, 0) is 59.9 Å². The molecular weight excluding hydrogens is 609 g/mol. The quantitative estimate of drug-likeness (QED) is 0.180. The van der Waals surface area contributed by atoms with Crippen LogP contribution in [0, 0.1) is 11.6 Å². The molecule has 13 heteroatoms. The lowest BCUT2D eigenvalue weighted by Crippen LogP contribution is -2.31. The van der Waals surface area contributed by atoms with Crippen LogP contribution in [-0.4, -0.2) is 47.7 Å². The predicted molar refractivity (Wildman–Crippen MR) is 161 cm³/mol. The fraction of sp³-hybridized carbons (Fsp3) is 0.194. The van der Waals surface area contributed by atoms with E-state index in [0.29, 0.717) is 30.0 Å². The molecule has 44 heavy (non-hydrogen) atoms. The summed E-state index contributed by atoms with van der Waals surface area (Å²) in [6.07, 6.45) is 4.34. The number of halogens is 2. The smallest absolute Gasteiger partial charge is 0.335 e. The number of hydrogen-bond donors (Lipinski definition) is 1. The zero-order chi connectivity index (χ0) is 30.2. The normalized spacial score (nSPS) is 14.5. The molecule has 1 aliphatic rings. The van der Waals surface area contributed by atoms with Crippen molar-refractivity contribution >= 4 is 39.9 Å². The van der Waals surface area contributed by atoms with Crippen molar-refractivity contribution in [2.45, 2.75) is 32.1 Å². The molecule has 2 aromatic carbocycles. The molecule has 9 nitrogen and oxygen atoms in total. The Morgan fingerprint density at radius 1 is 1.11 bits per heavy atom. The van der Waals surface area contributed by atoms with Gasteiger partial charge in [0.05, 0.1) is 39.8 Å². The Bertz CT molecular complexity index is 1990. The molecule has 1 N–H and O–H groups in total. The highest BCUT2D eigenvalue weighted by atomic mass is 32.1. The maximum absolute atomic E-state index is 15.5. The van der Waals surface area contributed by atoms with Crippen molar-refractivity contribution in [3.05, 3.63) is 99.9 Å². The molecular formula is C31H23F2N5O4S2. The number of fused-ring (bicyclic) bond motifs is 1. The third-order valence-electron chi connectivity index (χ3n) is 7.35. The van der Waals surface area contributed by atoms with Crippen molar-refractivity contribution in [2.24, 2.45) is 0 Å². The lowest BCUT2D eigenvalue weighted by atomic mass is 10.0. The minimum atomic E-state index is -1.06. The van der Waals surface area contributed by atoms with Gasteiger partial charge in [-0.25, -0.2) is 32.9 Å². The van der Waals surface area contributed by atoms with Gasteiger partial charge in [0.15, 0.2) is 0 Å². The maximum Gasteiger partial charge on any atom is 0.335 e. The van der Waals surface area contributed by atoms with Gasteiger partial charge in [-0.15, -0.1) is 11.3 Å². The highest BCUT2D eigenvalue weighted by molar-refractivity contribution is 7.15. The van der Waals surface area contributed by atoms with E-state index in [2.05, 4.69) is 19.3 Å². The Balaban J connectivity index is 1.12. The summed E-state index contributed by atoms with van der Waals surface area (Å²) in [7, 11) is 0. The SMILES string of the molecule is O=C(O)c1ccc2nc(Cc3cc(F)c(-c4cccc(OCc5ncc(-c6cnsc6)s5)n4)cc3F)n(C[C@@H]3CCO3)c2c1. The van der Waals surface area contributed by atoms with E-state index in [4.69, 9.17) is 9.47 Å². The second-order valence-corrected chi connectivity index (χ2v) is 12.0. The number of carbonyl (C=O) groups is 1. The number of aromatic nitrogens is 5. The van der Waals surface area contributed by atoms with Crippen LogP contribution in [0.4, 0.5) is 8.78 Å². The number of nitrogens with zero attached hydrogens (tertiary/aromatic N) is 5. The molecule has 1 aliphatic heterocycles. The first-order chi connectivity index (χ1) is 21.4. The van der Waals surface area contributed by atoms with Crippen LogP contribution in [0.3, 0.4) is 0 Å². The molecule has 0 unspecified atom stereocenters. The lowest BCUT2D eigenvalue weighted by Gasteiger charge is -2.27. The van der Waals surface area contributed by atoms with Crippen LogP contribution in [0.1, 0.15) is 33.2 Å². The maximum atomic E-state index is 15.5. The minimum absolute atomic E-state index is 0.000614. The second-order valence-electron chi connectivity index (χ2n) is 10.2. The summed E-state index contributed by atoms with van der Waals surface area (Å²) < 4.78 is 48.4. The number of aromatic carboxylic acids is 1. The molecule has 0 bridgehead atoms. The fourth-order valence-electron chi connectivity index (χ4n) is 4.98. The molecule has 5 heterocycles. The van der Waals surface area contributed by atoms with Crippen molar-refractivity contribution in [1.82, 2.24) is 23.9 Å². The Morgan fingerprint density at radius 3 is 2.77 bits per heavy atom. The van der Waals surface area contributed by atoms with Crippen molar-refractivity contribution in [2.75, 3.05) is 6.61 Å². The highest BCUT2D eigenvalue weighted by Gasteiger charge is 2.24. The number of imidazole rings is 1. The summed E-state index contributed by atoms with van der Waals surface area (Å²) in [4.78, 5) is 26.0. The van der Waals surface area contributed by atoms with Crippen LogP contribution in [0.25, 0.3) is 32.7 Å². The van der Waals surface area contributed by atoms with E-state index in [0.717, 1.165) is 34.0 Å². The number of hydrogen-bond acceptors (Lipinski definition) is 9. The number of benzene rings is 2. The van der Waals surface area contributed by atoms with Gasteiger partial charge in [0.25, 0.3) is 0 Å². The van der Waals surface area contributed by atoms with Gasteiger partial charge in [-0.1, -0.05) is 6.07 Å². The Morgan fingerprint density at radius 2 is 2.00 bits per heavy atom. The standard InChI is InChI=1S/C31H23F2N5O4S2/c32-22-11-21(24-2-1-3-29(37-24)42-15-30-34-13-27(44-30)19-12-35-43-16-19)23(33)8-18(22)10-28-36-25-5-4-17(31(39)40)9-26(25)38(28)14-20-6-7-41-20/h1-5,8-9,11-13,16,20H,6-7,10,14-15H2,(H,39,40)/t20-/m0/s1. The predicted octanol–water partition coefficient (Wildman–Crippen LogP) is 6.61. The summed E-state index contributed by atoms with van der Waals surface area (Å²) in [6.45, 7) is 1.25. The Kier molecular flexibility index (Phi) is 7.58. The van der Waals surface area contributed by atoms with Gasteiger partial charge < -0.3 is 19.1 Å². The van der Waals surface area contributed by atoms with Crippen LogP contribution in [0.2, 0.25) is 0 Å². The first-order valence-electron chi connectivity index (χ1n) is 13.7. The van der Waals surface area contributed by atoms with E-state index < -0.39 is 17.6 Å². The van der Waals surface area contributed by atoms with Crippen molar-refractivity contribution in [1.29, 1.82) is 0 Å². The molecule has 7 rings (SSSR count). The lowest BCUT2D eigenvalue weighted by molar-refractivity contribution is -0.0589. The minimum Gasteiger partial charge on any atom is -0.478 e. The highest BCUT2D eigenvalue weighted by Crippen LogP contribution is 2.30. The Labute approximate surface area is 257 Å². The van der Waals surface area contributed by atoms with Gasteiger partial charge in [0, 0.05) is 48.0 Å². The van der Waals surface area contributed by atoms with Gasteiger partial charge in [-0.3, -0.25) is 0 Å². The molecule has 1 atom stereocenters. The van der Waals surface area contributed by atoms with E-state index >= 15 is 8.78 Å². The van der Waals surface area contributed by atoms with Crippen LogP contribution >= 0.6 is 22.9 Å². The van der Waals surface area contributed by atoms with E-state index in [9.17, 15) is 9.90 Å². The van der Waals surface area contributed by atoms with Crippen LogP contribution in [-0.2, 0) is 24.3 Å². The summed E-state index contributed by atoms with van der Waals surface area (Å²) in [6, 6.07) is 11.8. The van der Waals surface area contributed by atoms with Crippen LogP contribution < -0.4 is 4.74 Å². The zero-order valence-electron chi connectivity index (χ0n) is 22.9. The van der Waals surface area contributed by atoms with E-state index in [1.807, 2.05) is 9.95 Å². The number of thiazole rings is 1. The monoisotopic (exact) mass is 631 g/mol. The molecule has 0 saturated carbocycles. The summed E-state index contributed by atoms with van der Waals surface area (Å²) in [5.41, 5.74) is 2.63. The van der Waals surface area contributed by atoms with Gasteiger partial charge in [0.2, 0.25) is 5.88 Å². The molecule has 1 fully saturated rings. The number of pyridine rings is 1. The first kappa shape index (κ1) is 28.2. The number of rotatable bonds is 10. The number of carboxylic acids is 1. The van der Waals surface area contributed by atoms with E-state index in [1.54, 1.807) is 42.7 Å². The summed E-state index contributed by atoms with van der Waals surface area (Å²) >= 11 is 2.85. The largest absolute Gasteiger partial charge is 0.478 e. The molecule has 0 amide bonds. The number of carboxylic acid groups (broad SMARTS) is 1. The van der Waals surface area contributed by atoms with Crippen molar-refractivity contribution < 1.29 is 28.2 Å². The average molecular weight is 632 g/mol. The molecule has 0 spiro atoms. The molecule has 1 saturated heterocycles. The summed E-state index contributed by atoms with van der Waals surface area (Å²) in [5, 5.41) is 12.2. The topological polar surface area (TPSA) is 112 Å². The van der Waals surface area contributed by atoms with Crippen molar-refractivity contribution in [3.63, 3.8) is 0 Å². The average Bonchev–Trinajstić information content (AvgIpc) is 3.76. The zero-order valence-corrected chi connectivity index (χ0v) is 24.6. The van der Waals surface area contributed by atoms with Gasteiger partial charge >= 0.3 is 5.97 Å². The van der Waals surface area contributed by atoms with Gasteiger partial charge in [0.1, 0.15) is 29.1 Å². The van der Waals surface area contributed by atoms with E-state index in [-0.39, 0.29) is 47.4 Å². The molecule has 222 valence electrons. The third-order valence-corrected chi connectivity index (χ3v) is 8.96. The first-order valence-corrected chi connectivity index (χ1v) is 15.3. The second kappa shape index (κ2) is 11.8. The molecule has 4 aromatic heterocycles. The van der Waals surface area contributed by atoms with Crippen LogP contribution in [0.15, 0.2) is 66.3 Å². The Hall–Kier alpha value is -4.59. The van der Waals surface area contributed by atoms with Crippen molar-refractivity contribution in [3.8, 4) is 27.6 Å². The van der Waals surface area contributed by atoms with Gasteiger partial charge in [-0.2, -0.15) is 0 Å². The summed E-state index contributed by atoms with van der Waals surface area (Å²) in [5.74, 6) is -1.57. The number of ether oxygens (including phenoxy) is 2. The fourth-order valence-corrected chi connectivity index (χ4v) is 6.41. The molecule has 0 radical (unpaired) electrons. The van der Waals surface area contributed by atoms with Crippen LogP contribution in [0.5, 0.6) is 5.88 Å².